The van der Waals surface area contributed by atoms with Gasteiger partial charge in [-0.25, -0.2) is 0 Å². The molecule has 0 aliphatic heterocycles. The molecule has 0 unspecified atom stereocenters. The van der Waals surface area contributed by atoms with Crippen LogP contribution in [-0.4, -0.2) is 43.0 Å². The number of fused-ring (bicyclic) bond motifs is 1. The molecule has 0 saturated carbocycles. The molecule has 0 radical (unpaired) electrons. The van der Waals surface area contributed by atoms with Crippen molar-refractivity contribution >= 4 is 16.7 Å². The SMILES string of the molecule is COc1cc(C)c(CN(C)[C@H](C)C(=O)c2c[nH]c3ccccc23)cc1OC. The van der Waals surface area contributed by atoms with Crippen LogP contribution in [0.3, 0.4) is 0 Å². The molecule has 1 heterocycles. The molecular weight excluding hydrogens is 340 g/mol. The van der Waals surface area contributed by atoms with Crippen LogP contribution >= 0.6 is 0 Å². The van der Waals surface area contributed by atoms with Crippen LogP contribution in [0, 0.1) is 6.92 Å². The molecule has 5 heteroatoms. The Balaban J connectivity index is 1.81. The molecule has 0 saturated heterocycles. The van der Waals surface area contributed by atoms with Gasteiger partial charge in [-0.15, -0.1) is 0 Å². The van der Waals surface area contributed by atoms with E-state index in [1.807, 2.05) is 57.3 Å². The summed E-state index contributed by atoms with van der Waals surface area (Å²) < 4.78 is 10.8. The fourth-order valence-electron chi connectivity index (χ4n) is 3.30. The normalized spacial score (nSPS) is 12.4. The summed E-state index contributed by atoms with van der Waals surface area (Å²) in [6.07, 6.45) is 1.80. The lowest BCUT2D eigenvalue weighted by molar-refractivity contribution is 0.0863. The molecule has 0 fully saturated rings. The van der Waals surface area contributed by atoms with Gasteiger partial charge in [0.2, 0.25) is 0 Å². The lowest BCUT2D eigenvalue weighted by atomic mass is 10.0. The number of ether oxygens (including phenoxy) is 2. The Morgan fingerprint density at radius 2 is 1.81 bits per heavy atom. The molecule has 2 aromatic carbocycles. The van der Waals surface area contributed by atoms with Gasteiger partial charge in [-0.2, -0.15) is 0 Å². The summed E-state index contributed by atoms with van der Waals surface area (Å²) in [6.45, 7) is 4.62. The minimum absolute atomic E-state index is 0.105. The van der Waals surface area contributed by atoms with Crippen LogP contribution in [0.25, 0.3) is 10.9 Å². The van der Waals surface area contributed by atoms with Crippen molar-refractivity contribution in [2.75, 3.05) is 21.3 Å². The number of carbonyl (C=O) groups excluding carboxylic acids is 1. The number of methoxy groups -OCH3 is 2. The molecule has 3 aromatic rings. The van der Waals surface area contributed by atoms with Crippen LogP contribution < -0.4 is 9.47 Å². The standard InChI is InChI=1S/C22H26N2O3/c1-14-10-20(26-4)21(27-5)11-16(14)13-24(3)15(2)22(25)18-12-23-19-9-7-6-8-17(18)19/h6-12,15,23H,13H2,1-5H3/t15-/m1/s1. The summed E-state index contributed by atoms with van der Waals surface area (Å²) in [5, 5.41) is 0.963. The average molecular weight is 366 g/mol. The highest BCUT2D eigenvalue weighted by molar-refractivity contribution is 6.10. The van der Waals surface area contributed by atoms with Gasteiger partial charge in [0.05, 0.1) is 20.3 Å². The summed E-state index contributed by atoms with van der Waals surface area (Å²) in [5.41, 5.74) is 3.92. The second-order valence-electron chi connectivity index (χ2n) is 6.84. The maximum atomic E-state index is 13.1. The van der Waals surface area contributed by atoms with Crippen molar-refractivity contribution in [2.24, 2.45) is 0 Å². The first-order valence-corrected chi connectivity index (χ1v) is 8.98. The van der Waals surface area contributed by atoms with E-state index >= 15 is 0 Å². The van der Waals surface area contributed by atoms with Gasteiger partial charge in [-0.1, -0.05) is 18.2 Å². The molecule has 142 valence electrons. The highest BCUT2D eigenvalue weighted by Gasteiger charge is 2.23. The van der Waals surface area contributed by atoms with Crippen LogP contribution in [0.4, 0.5) is 0 Å². The third-order valence-electron chi connectivity index (χ3n) is 5.16. The minimum atomic E-state index is -0.253. The predicted molar refractivity (Wildman–Crippen MR) is 108 cm³/mol. The Hall–Kier alpha value is -2.79. The number of aryl methyl sites for hydroxylation is 1. The van der Waals surface area contributed by atoms with Crippen molar-refractivity contribution in [3.8, 4) is 11.5 Å². The van der Waals surface area contributed by atoms with Gasteiger partial charge in [-0.3, -0.25) is 9.69 Å². The van der Waals surface area contributed by atoms with E-state index in [9.17, 15) is 4.79 Å². The number of hydrogen-bond donors (Lipinski definition) is 1. The van der Waals surface area contributed by atoms with Gasteiger partial charge in [0.15, 0.2) is 17.3 Å². The van der Waals surface area contributed by atoms with E-state index in [1.54, 1.807) is 20.4 Å². The largest absolute Gasteiger partial charge is 0.493 e. The quantitative estimate of drug-likeness (QED) is 0.637. The Labute approximate surface area is 159 Å². The van der Waals surface area contributed by atoms with Crippen molar-refractivity contribution < 1.29 is 14.3 Å². The van der Waals surface area contributed by atoms with E-state index < -0.39 is 0 Å². The second-order valence-corrected chi connectivity index (χ2v) is 6.84. The van der Waals surface area contributed by atoms with Gasteiger partial charge in [0.1, 0.15) is 0 Å². The Kier molecular flexibility index (Phi) is 5.51. The van der Waals surface area contributed by atoms with Crippen molar-refractivity contribution in [2.45, 2.75) is 26.4 Å². The highest BCUT2D eigenvalue weighted by Crippen LogP contribution is 2.31. The third kappa shape index (κ3) is 3.69. The summed E-state index contributed by atoms with van der Waals surface area (Å²) in [6, 6.07) is 11.6. The van der Waals surface area contributed by atoms with Gasteiger partial charge in [-0.05, 0) is 50.2 Å². The molecule has 5 nitrogen and oxygen atoms in total. The van der Waals surface area contributed by atoms with Crippen LogP contribution in [0.5, 0.6) is 11.5 Å². The first-order chi connectivity index (χ1) is 13.0. The number of aromatic nitrogens is 1. The van der Waals surface area contributed by atoms with Gasteiger partial charge in [0.25, 0.3) is 0 Å². The molecule has 0 aliphatic carbocycles. The van der Waals surface area contributed by atoms with Gasteiger partial charge >= 0.3 is 0 Å². The Bertz CT molecular complexity index is 961. The monoisotopic (exact) mass is 366 g/mol. The molecule has 27 heavy (non-hydrogen) atoms. The molecule has 3 rings (SSSR count). The number of likely N-dealkylation sites (N-methyl/N-ethyl adjacent to an activating group) is 1. The number of benzene rings is 2. The molecule has 0 spiro atoms. The van der Waals surface area contributed by atoms with E-state index in [-0.39, 0.29) is 11.8 Å². The number of nitrogens with zero attached hydrogens (tertiary/aromatic N) is 1. The van der Waals surface area contributed by atoms with E-state index in [4.69, 9.17) is 9.47 Å². The number of ketones is 1. The zero-order chi connectivity index (χ0) is 19.6. The number of carbonyl (C=O) groups is 1. The lowest BCUT2D eigenvalue weighted by Gasteiger charge is -2.25. The molecular formula is C22H26N2O3. The van der Waals surface area contributed by atoms with Crippen LogP contribution in [-0.2, 0) is 6.54 Å². The van der Waals surface area contributed by atoms with E-state index in [1.165, 1.54) is 0 Å². The molecule has 1 atom stereocenters. The van der Waals surface area contributed by atoms with E-state index in [0.29, 0.717) is 18.0 Å². The molecule has 0 aliphatic rings. The summed E-state index contributed by atoms with van der Waals surface area (Å²) in [5.74, 6) is 1.51. The molecule has 0 bridgehead atoms. The Morgan fingerprint density at radius 3 is 2.52 bits per heavy atom. The van der Waals surface area contributed by atoms with Crippen LogP contribution in [0.1, 0.15) is 28.4 Å². The smallest absolute Gasteiger partial charge is 0.181 e. The summed E-state index contributed by atoms with van der Waals surface area (Å²) in [4.78, 5) is 18.3. The number of aromatic amines is 1. The maximum Gasteiger partial charge on any atom is 0.181 e. The Morgan fingerprint density at radius 1 is 1.15 bits per heavy atom. The molecule has 0 amide bonds. The second kappa shape index (κ2) is 7.84. The van der Waals surface area contributed by atoms with Gasteiger partial charge < -0.3 is 14.5 Å². The average Bonchev–Trinajstić information content (AvgIpc) is 3.12. The van der Waals surface area contributed by atoms with Crippen molar-refractivity contribution in [3.05, 3.63) is 59.3 Å². The minimum Gasteiger partial charge on any atom is -0.493 e. The zero-order valence-electron chi connectivity index (χ0n) is 16.5. The number of Topliss-reactive ketones (excluding diaryl/α,β-unsaturated/α-hetero) is 1. The van der Waals surface area contributed by atoms with Crippen LogP contribution in [0.2, 0.25) is 0 Å². The topological polar surface area (TPSA) is 54.6 Å². The number of nitrogens with one attached hydrogen (secondary N) is 1. The van der Waals surface area contributed by atoms with E-state index in [0.717, 1.165) is 27.6 Å². The maximum absolute atomic E-state index is 13.1. The lowest BCUT2D eigenvalue weighted by Crippen LogP contribution is -2.35. The van der Waals surface area contributed by atoms with Crippen molar-refractivity contribution in [1.82, 2.24) is 9.88 Å². The first kappa shape index (κ1) is 19.0. The highest BCUT2D eigenvalue weighted by atomic mass is 16.5. The fraction of sp³-hybridized carbons (Fsp3) is 0.318. The predicted octanol–water partition coefficient (Wildman–Crippen LogP) is 4.20. The van der Waals surface area contributed by atoms with Crippen molar-refractivity contribution in [3.63, 3.8) is 0 Å². The molecule has 1 N–H and O–H groups in total. The molecule has 1 aromatic heterocycles. The van der Waals surface area contributed by atoms with Crippen LogP contribution in [0.15, 0.2) is 42.6 Å². The van der Waals surface area contributed by atoms with Crippen molar-refractivity contribution in [1.29, 1.82) is 0 Å². The van der Waals surface area contributed by atoms with Gasteiger partial charge in [0, 0.05) is 29.2 Å². The zero-order valence-corrected chi connectivity index (χ0v) is 16.5. The third-order valence-corrected chi connectivity index (χ3v) is 5.16. The fourth-order valence-corrected chi connectivity index (χ4v) is 3.30. The number of hydrogen-bond acceptors (Lipinski definition) is 4. The summed E-state index contributed by atoms with van der Waals surface area (Å²) >= 11 is 0. The van der Waals surface area contributed by atoms with E-state index in [2.05, 4.69) is 9.88 Å². The first-order valence-electron chi connectivity index (χ1n) is 8.98. The summed E-state index contributed by atoms with van der Waals surface area (Å²) in [7, 11) is 5.22. The number of H-pyrrole nitrogens is 1. The number of para-hydroxylation sites is 1. The number of rotatable bonds is 7.